The number of hydrogen-bond acceptors (Lipinski definition) is 4. The number of ketones is 2. The van der Waals surface area contributed by atoms with E-state index in [2.05, 4.69) is 0 Å². The van der Waals surface area contributed by atoms with Crippen molar-refractivity contribution < 1.29 is 9.59 Å². The van der Waals surface area contributed by atoms with Crippen LogP contribution in [0, 0.1) is 0 Å². The molecule has 2 nitrogen and oxygen atoms in total. The highest BCUT2D eigenvalue weighted by Crippen LogP contribution is 2.23. The van der Waals surface area contributed by atoms with Gasteiger partial charge in [0.25, 0.3) is 0 Å². The van der Waals surface area contributed by atoms with E-state index < -0.39 is 0 Å². The van der Waals surface area contributed by atoms with Crippen LogP contribution < -0.4 is 0 Å². The van der Waals surface area contributed by atoms with Gasteiger partial charge >= 0.3 is 0 Å². The molecule has 0 aliphatic heterocycles. The number of rotatable bonds is 5. The standard InChI is InChI=1S/C16H12O2S2/c17-13(4-5-14(18)16-2-1-8-19-16)11-3-6-15-12(10-11)7-9-20-15/h1-3,6-10H,4-5H2. The molecule has 0 aliphatic carbocycles. The number of thiophene rings is 2. The summed E-state index contributed by atoms with van der Waals surface area (Å²) in [6.07, 6.45) is 0.549. The zero-order chi connectivity index (χ0) is 13.9. The van der Waals surface area contributed by atoms with Gasteiger partial charge in [-0.25, -0.2) is 0 Å². The molecule has 4 heteroatoms. The average molecular weight is 300 g/mol. The summed E-state index contributed by atoms with van der Waals surface area (Å²) in [7, 11) is 0. The van der Waals surface area contributed by atoms with E-state index >= 15 is 0 Å². The molecular formula is C16H12O2S2. The molecule has 2 aromatic heterocycles. The molecule has 3 aromatic rings. The van der Waals surface area contributed by atoms with E-state index in [1.54, 1.807) is 17.4 Å². The van der Waals surface area contributed by atoms with Crippen LogP contribution in [0.3, 0.4) is 0 Å². The lowest BCUT2D eigenvalue weighted by Crippen LogP contribution is -2.04. The van der Waals surface area contributed by atoms with E-state index in [0.29, 0.717) is 5.56 Å². The lowest BCUT2D eigenvalue weighted by molar-refractivity contribution is 0.0919. The minimum Gasteiger partial charge on any atom is -0.294 e. The summed E-state index contributed by atoms with van der Waals surface area (Å²) < 4.78 is 1.18. The first-order valence-corrected chi connectivity index (χ1v) is 8.07. The summed E-state index contributed by atoms with van der Waals surface area (Å²) in [5.74, 6) is 0.0768. The van der Waals surface area contributed by atoms with Crippen molar-refractivity contribution in [2.75, 3.05) is 0 Å². The fourth-order valence-electron chi connectivity index (χ4n) is 2.07. The van der Waals surface area contributed by atoms with Gasteiger partial charge in [-0.2, -0.15) is 0 Å². The number of carbonyl (C=O) groups is 2. The predicted octanol–water partition coefficient (Wildman–Crippen LogP) is 4.81. The Morgan fingerprint density at radius 2 is 1.75 bits per heavy atom. The molecule has 0 bridgehead atoms. The molecule has 100 valence electrons. The Morgan fingerprint density at radius 3 is 2.55 bits per heavy atom. The van der Waals surface area contributed by atoms with E-state index in [1.165, 1.54) is 16.0 Å². The number of carbonyl (C=O) groups excluding carboxylic acids is 2. The molecule has 0 aliphatic rings. The first kappa shape index (κ1) is 13.2. The highest BCUT2D eigenvalue weighted by Gasteiger charge is 2.12. The highest BCUT2D eigenvalue weighted by molar-refractivity contribution is 7.17. The summed E-state index contributed by atoms with van der Waals surface area (Å²) in [5.41, 5.74) is 0.690. The summed E-state index contributed by atoms with van der Waals surface area (Å²) in [5, 5.41) is 4.98. The van der Waals surface area contributed by atoms with Gasteiger partial charge in [-0.05, 0) is 46.5 Å². The quantitative estimate of drug-likeness (QED) is 0.634. The SMILES string of the molecule is O=C(CCC(=O)c1cccs1)c1ccc2sccc2c1. The summed E-state index contributed by atoms with van der Waals surface area (Å²) in [6, 6.07) is 11.4. The molecule has 20 heavy (non-hydrogen) atoms. The van der Waals surface area contributed by atoms with Crippen LogP contribution in [0.4, 0.5) is 0 Å². The van der Waals surface area contributed by atoms with E-state index in [1.807, 2.05) is 41.1 Å². The Bertz CT molecular complexity index is 754. The Labute approximate surface area is 124 Å². The monoisotopic (exact) mass is 300 g/mol. The Kier molecular flexibility index (Phi) is 3.76. The van der Waals surface area contributed by atoms with Crippen LogP contribution in [0.1, 0.15) is 32.9 Å². The average Bonchev–Trinajstić information content (AvgIpc) is 3.13. The predicted molar refractivity (Wildman–Crippen MR) is 84.0 cm³/mol. The maximum Gasteiger partial charge on any atom is 0.173 e. The van der Waals surface area contributed by atoms with Gasteiger partial charge in [0.15, 0.2) is 11.6 Å². The second kappa shape index (κ2) is 5.69. The van der Waals surface area contributed by atoms with Gasteiger partial charge in [0, 0.05) is 23.1 Å². The first-order valence-electron chi connectivity index (χ1n) is 6.31. The molecule has 1 aromatic carbocycles. The third-order valence-corrected chi connectivity index (χ3v) is 4.96. The molecule has 0 fully saturated rings. The third-order valence-electron chi connectivity index (χ3n) is 3.15. The summed E-state index contributed by atoms with van der Waals surface area (Å²) >= 11 is 3.08. The number of fused-ring (bicyclic) bond motifs is 1. The van der Waals surface area contributed by atoms with Gasteiger partial charge < -0.3 is 0 Å². The third kappa shape index (κ3) is 2.71. The van der Waals surface area contributed by atoms with Crippen LogP contribution >= 0.6 is 22.7 Å². The second-order valence-electron chi connectivity index (χ2n) is 4.50. The normalized spacial score (nSPS) is 10.8. The fourth-order valence-corrected chi connectivity index (χ4v) is 3.54. The first-order chi connectivity index (χ1) is 9.74. The number of Topliss-reactive ketones (excluding diaryl/α,β-unsaturated/α-hetero) is 2. The lowest BCUT2D eigenvalue weighted by Gasteiger charge is -2.01. The highest BCUT2D eigenvalue weighted by atomic mass is 32.1. The van der Waals surface area contributed by atoms with Crippen LogP contribution in [0.2, 0.25) is 0 Å². The maximum absolute atomic E-state index is 12.1. The topological polar surface area (TPSA) is 34.1 Å². The maximum atomic E-state index is 12.1. The lowest BCUT2D eigenvalue weighted by atomic mass is 10.0. The molecular weight excluding hydrogens is 288 g/mol. The number of hydrogen-bond donors (Lipinski definition) is 0. The molecule has 0 radical (unpaired) electrons. The van der Waals surface area contributed by atoms with Gasteiger partial charge in [0.2, 0.25) is 0 Å². The zero-order valence-corrected chi connectivity index (χ0v) is 12.3. The largest absolute Gasteiger partial charge is 0.294 e. The van der Waals surface area contributed by atoms with E-state index in [0.717, 1.165) is 10.3 Å². The molecule has 0 saturated carbocycles. The van der Waals surface area contributed by atoms with E-state index in [4.69, 9.17) is 0 Å². The van der Waals surface area contributed by atoms with Gasteiger partial charge in [0.05, 0.1) is 4.88 Å². The summed E-state index contributed by atoms with van der Waals surface area (Å²) in [6.45, 7) is 0. The molecule has 0 N–H and O–H groups in total. The van der Waals surface area contributed by atoms with Gasteiger partial charge in [-0.1, -0.05) is 6.07 Å². The second-order valence-corrected chi connectivity index (χ2v) is 6.39. The van der Waals surface area contributed by atoms with Crippen molar-refractivity contribution in [1.29, 1.82) is 0 Å². The minimum atomic E-state index is 0.0306. The smallest absolute Gasteiger partial charge is 0.173 e. The van der Waals surface area contributed by atoms with Crippen molar-refractivity contribution in [3.8, 4) is 0 Å². The Hall–Kier alpha value is -1.78. The minimum absolute atomic E-state index is 0.0306. The Morgan fingerprint density at radius 1 is 0.900 bits per heavy atom. The van der Waals surface area contributed by atoms with Crippen molar-refractivity contribution in [1.82, 2.24) is 0 Å². The van der Waals surface area contributed by atoms with Crippen LogP contribution in [0.15, 0.2) is 47.2 Å². The zero-order valence-electron chi connectivity index (χ0n) is 10.7. The molecule has 2 heterocycles. The van der Waals surface area contributed by atoms with Crippen LogP contribution in [-0.4, -0.2) is 11.6 Å². The van der Waals surface area contributed by atoms with Gasteiger partial charge in [-0.3, -0.25) is 9.59 Å². The fraction of sp³-hybridized carbons (Fsp3) is 0.125. The van der Waals surface area contributed by atoms with Crippen LogP contribution in [0.5, 0.6) is 0 Å². The number of benzene rings is 1. The van der Waals surface area contributed by atoms with Crippen molar-refractivity contribution in [2.45, 2.75) is 12.8 Å². The van der Waals surface area contributed by atoms with Crippen LogP contribution in [-0.2, 0) is 0 Å². The summed E-state index contributed by atoms with van der Waals surface area (Å²) in [4.78, 5) is 24.7. The molecule has 0 atom stereocenters. The molecule has 0 unspecified atom stereocenters. The molecule has 0 amide bonds. The van der Waals surface area contributed by atoms with Crippen molar-refractivity contribution >= 4 is 44.3 Å². The van der Waals surface area contributed by atoms with Crippen molar-refractivity contribution in [3.05, 3.63) is 57.6 Å². The van der Waals surface area contributed by atoms with Crippen molar-refractivity contribution in [3.63, 3.8) is 0 Å². The van der Waals surface area contributed by atoms with E-state index in [-0.39, 0.29) is 24.4 Å². The molecule has 0 saturated heterocycles. The van der Waals surface area contributed by atoms with Gasteiger partial charge in [0.1, 0.15) is 0 Å². The Balaban J connectivity index is 1.68. The van der Waals surface area contributed by atoms with Crippen LogP contribution in [0.25, 0.3) is 10.1 Å². The van der Waals surface area contributed by atoms with E-state index in [9.17, 15) is 9.59 Å². The van der Waals surface area contributed by atoms with Crippen molar-refractivity contribution in [2.24, 2.45) is 0 Å². The molecule has 3 rings (SSSR count). The molecule has 0 spiro atoms. The van der Waals surface area contributed by atoms with Gasteiger partial charge in [-0.15, -0.1) is 22.7 Å².